The number of ether oxygens (including phenoxy) is 2. The third-order valence-electron chi connectivity index (χ3n) is 10.3. The molecule has 0 radical (unpaired) electrons. The number of hydrogen-bond acceptors (Lipinski definition) is 9. The average Bonchev–Trinajstić information content (AvgIpc) is 3.11. The first kappa shape index (κ1) is 47.2. The number of carbonyl (C=O) groups is 1. The second-order valence-electron chi connectivity index (χ2n) is 14.9. The SMILES string of the molecule is CCCCCCCCCCCCCCCCCCCC(=O)N[C@@H](CO[C@@H]1O[C@H](CO)[C@@H](O)C(O)C1O)[C@H](O)[C@H](O)CCCCCCCCCC. The second-order valence-corrected chi connectivity index (χ2v) is 14.9. The van der Waals surface area contributed by atoms with E-state index in [9.17, 15) is 35.4 Å². The van der Waals surface area contributed by atoms with Crippen LogP contribution in [0.3, 0.4) is 0 Å². The van der Waals surface area contributed by atoms with Crippen molar-refractivity contribution in [1.29, 1.82) is 0 Å². The van der Waals surface area contributed by atoms with E-state index in [4.69, 9.17) is 9.47 Å². The number of nitrogens with one attached hydrogen (secondary N) is 1. The topological polar surface area (TPSA) is 169 Å². The fourth-order valence-corrected chi connectivity index (χ4v) is 6.84. The molecule has 1 rings (SSSR count). The molecular weight excluding hydrogens is 638 g/mol. The van der Waals surface area contributed by atoms with Gasteiger partial charge in [-0.3, -0.25) is 4.79 Å². The quantitative estimate of drug-likeness (QED) is 0.0364. The number of amides is 1. The molecule has 1 heterocycles. The summed E-state index contributed by atoms with van der Waals surface area (Å²) in [4.78, 5) is 12.9. The highest BCUT2D eigenvalue weighted by molar-refractivity contribution is 5.76. The van der Waals surface area contributed by atoms with Crippen molar-refractivity contribution in [3.8, 4) is 0 Å². The van der Waals surface area contributed by atoms with Crippen LogP contribution in [0.5, 0.6) is 0 Å². The predicted octanol–water partition coefficient (Wildman–Crippen LogP) is 6.58. The molecule has 0 bridgehead atoms. The smallest absolute Gasteiger partial charge is 0.220 e. The van der Waals surface area contributed by atoms with Gasteiger partial charge in [0.25, 0.3) is 0 Å². The van der Waals surface area contributed by atoms with Crippen LogP contribution in [0, 0.1) is 0 Å². The Hall–Kier alpha value is -0.850. The van der Waals surface area contributed by atoms with Gasteiger partial charge in [-0.1, -0.05) is 168 Å². The molecule has 1 aliphatic heterocycles. The molecule has 1 amide bonds. The van der Waals surface area contributed by atoms with E-state index in [1.807, 2.05) is 0 Å². The summed E-state index contributed by atoms with van der Waals surface area (Å²) in [6, 6.07) is -0.982. The molecule has 0 aromatic rings. The Balaban J connectivity index is 2.39. The van der Waals surface area contributed by atoms with Gasteiger partial charge in [-0.25, -0.2) is 0 Å². The molecule has 1 fully saturated rings. The summed E-state index contributed by atoms with van der Waals surface area (Å²) in [7, 11) is 0. The molecular formula is C40H79NO9. The van der Waals surface area contributed by atoms with Gasteiger partial charge in [0.1, 0.15) is 30.5 Å². The lowest BCUT2D eigenvalue weighted by molar-refractivity contribution is -0.303. The number of hydrogen-bond donors (Lipinski definition) is 7. The summed E-state index contributed by atoms with van der Waals surface area (Å²) in [5, 5.41) is 64.7. The van der Waals surface area contributed by atoms with Crippen molar-refractivity contribution in [2.45, 2.75) is 236 Å². The van der Waals surface area contributed by atoms with Gasteiger partial charge in [0.05, 0.1) is 25.4 Å². The van der Waals surface area contributed by atoms with Crippen LogP contribution in [0.1, 0.15) is 187 Å². The minimum absolute atomic E-state index is 0.258. The van der Waals surface area contributed by atoms with Gasteiger partial charge in [0.15, 0.2) is 6.29 Å². The number of aliphatic hydroxyl groups excluding tert-OH is 6. The normalized spacial score (nSPS) is 22.8. The van der Waals surface area contributed by atoms with Gasteiger partial charge in [0, 0.05) is 6.42 Å². The van der Waals surface area contributed by atoms with Gasteiger partial charge in [-0.2, -0.15) is 0 Å². The molecule has 50 heavy (non-hydrogen) atoms. The van der Waals surface area contributed by atoms with E-state index in [1.165, 1.54) is 116 Å². The second kappa shape index (κ2) is 31.7. The van der Waals surface area contributed by atoms with Gasteiger partial charge < -0.3 is 45.4 Å². The van der Waals surface area contributed by atoms with E-state index >= 15 is 0 Å². The maximum absolute atomic E-state index is 12.9. The predicted molar refractivity (Wildman–Crippen MR) is 200 cm³/mol. The lowest BCUT2D eigenvalue weighted by Gasteiger charge is -2.40. The third kappa shape index (κ3) is 22.3. The van der Waals surface area contributed by atoms with Crippen molar-refractivity contribution in [3.05, 3.63) is 0 Å². The molecule has 10 heteroatoms. The fourth-order valence-electron chi connectivity index (χ4n) is 6.84. The highest BCUT2D eigenvalue weighted by Gasteiger charge is 2.44. The Morgan fingerprint density at radius 3 is 1.48 bits per heavy atom. The maximum atomic E-state index is 12.9. The fraction of sp³-hybridized carbons (Fsp3) is 0.975. The monoisotopic (exact) mass is 718 g/mol. The van der Waals surface area contributed by atoms with E-state index in [2.05, 4.69) is 19.2 Å². The third-order valence-corrected chi connectivity index (χ3v) is 10.3. The first-order valence-corrected chi connectivity index (χ1v) is 20.8. The van der Waals surface area contributed by atoms with Crippen LogP contribution >= 0.6 is 0 Å². The molecule has 2 unspecified atom stereocenters. The number of aliphatic hydroxyl groups is 6. The average molecular weight is 718 g/mol. The number of carbonyl (C=O) groups excluding carboxylic acids is 1. The first-order valence-electron chi connectivity index (χ1n) is 20.8. The van der Waals surface area contributed by atoms with Gasteiger partial charge in [-0.05, 0) is 12.8 Å². The zero-order chi connectivity index (χ0) is 36.8. The molecule has 1 saturated heterocycles. The molecule has 0 aliphatic carbocycles. The molecule has 0 saturated carbocycles. The summed E-state index contributed by atoms with van der Waals surface area (Å²) < 4.78 is 11.1. The van der Waals surface area contributed by atoms with E-state index in [-0.39, 0.29) is 18.9 Å². The van der Waals surface area contributed by atoms with Crippen LogP contribution in [0.2, 0.25) is 0 Å². The minimum atomic E-state index is -1.60. The van der Waals surface area contributed by atoms with Crippen LogP contribution in [0.4, 0.5) is 0 Å². The largest absolute Gasteiger partial charge is 0.394 e. The van der Waals surface area contributed by atoms with Crippen molar-refractivity contribution in [3.63, 3.8) is 0 Å². The van der Waals surface area contributed by atoms with Crippen LogP contribution in [0.25, 0.3) is 0 Å². The molecule has 0 aromatic carbocycles. The van der Waals surface area contributed by atoms with E-state index in [1.54, 1.807) is 0 Å². The summed E-state index contributed by atoms with van der Waals surface area (Å²) in [6.45, 7) is 3.56. The van der Waals surface area contributed by atoms with Crippen molar-refractivity contribution < 1.29 is 44.9 Å². The summed E-state index contributed by atoms with van der Waals surface area (Å²) in [6.07, 6.45) is 21.3. The van der Waals surface area contributed by atoms with Gasteiger partial charge in [0.2, 0.25) is 5.91 Å². The molecule has 0 aromatic heterocycles. The lowest BCUT2D eigenvalue weighted by atomic mass is 9.98. The number of unbranched alkanes of at least 4 members (excludes halogenated alkanes) is 23. The summed E-state index contributed by atoms with van der Waals surface area (Å²) in [5.74, 6) is -0.258. The highest BCUT2D eigenvalue weighted by Crippen LogP contribution is 2.23. The first-order chi connectivity index (χ1) is 24.3. The lowest BCUT2D eigenvalue weighted by Crippen LogP contribution is -2.60. The van der Waals surface area contributed by atoms with E-state index < -0.39 is 55.6 Å². The Morgan fingerprint density at radius 1 is 0.620 bits per heavy atom. The van der Waals surface area contributed by atoms with Gasteiger partial charge >= 0.3 is 0 Å². The zero-order valence-corrected chi connectivity index (χ0v) is 32.0. The Morgan fingerprint density at radius 2 is 1.04 bits per heavy atom. The van der Waals surface area contributed by atoms with Crippen LogP contribution < -0.4 is 5.32 Å². The van der Waals surface area contributed by atoms with E-state index in [0.717, 1.165) is 44.9 Å². The Bertz CT molecular complexity index is 773. The van der Waals surface area contributed by atoms with Crippen LogP contribution in [-0.2, 0) is 14.3 Å². The molecule has 7 N–H and O–H groups in total. The van der Waals surface area contributed by atoms with Gasteiger partial charge in [-0.15, -0.1) is 0 Å². The highest BCUT2D eigenvalue weighted by atomic mass is 16.7. The molecule has 10 nitrogen and oxygen atoms in total. The van der Waals surface area contributed by atoms with Crippen LogP contribution in [-0.4, -0.2) is 98.7 Å². The molecule has 8 atom stereocenters. The van der Waals surface area contributed by atoms with Crippen LogP contribution in [0.15, 0.2) is 0 Å². The van der Waals surface area contributed by atoms with E-state index in [0.29, 0.717) is 6.42 Å². The van der Waals surface area contributed by atoms with Crippen molar-refractivity contribution >= 4 is 5.91 Å². The molecule has 1 aliphatic rings. The Kier molecular flexibility index (Phi) is 29.9. The Labute approximate surface area is 305 Å². The molecule has 0 spiro atoms. The minimum Gasteiger partial charge on any atom is -0.394 e. The number of rotatable bonds is 34. The van der Waals surface area contributed by atoms with Crippen molar-refractivity contribution in [2.24, 2.45) is 0 Å². The summed E-state index contributed by atoms with van der Waals surface area (Å²) in [5.41, 5.74) is 0. The van der Waals surface area contributed by atoms with Crippen molar-refractivity contribution in [2.75, 3.05) is 13.2 Å². The standard InChI is InChI=1S/C40H79NO9/c1-3-5-7-9-11-13-14-15-16-17-18-19-20-21-23-25-27-29-35(44)41-32(31-49-40-39(48)38(47)37(46)34(30-42)50-40)36(45)33(43)28-26-24-22-12-10-8-6-4-2/h32-34,36-40,42-43,45-48H,3-31H2,1-2H3,(H,41,44)/t32-,33+,34+,36-,37+,38?,39?,40+/m0/s1. The maximum Gasteiger partial charge on any atom is 0.220 e. The van der Waals surface area contributed by atoms with Crippen molar-refractivity contribution in [1.82, 2.24) is 5.32 Å². The molecule has 298 valence electrons. The summed E-state index contributed by atoms with van der Waals surface area (Å²) >= 11 is 0. The zero-order valence-electron chi connectivity index (χ0n) is 32.0.